The Hall–Kier alpha value is -4.26. The van der Waals surface area contributed by atoms with Crippen molar-refractivity contribution in [2.75, 3.05) is 25.0 Å². The number of aromatic nitrogens is 3. The first-order valence-corrected chi connectivity index (χ1v) is 13.1. The van der Waals surface area contributed by atoms with E-state index in [9.17, 15) is 36.2 Å². The lowest BCUT2D eigenvalue weighted by Gasteiger charge is -2.30. The van der Waals surface area contributed by atoms with Crippen LogP contribution in [0.1, 0.15) is 29.8 Å². The van der Waals surface area contributed by atoms with Crippen molar-refractivity contribution in [2.24, 2.45) is 5.92 Å². The summed E-state index contributed by atoms with van der Waals surface area (Å²) in [5.74, 6) is -0.731. The molecule has 7 nitrogen and oxygen atoms in total. The van der Waals surface area contributed by atoms with E-state index in [1.165, 1.54) is 42.6 Å². The second-order valence-corrected chi connectivity index (χ2v) is 10.0. The molecular formula is C29H25F6N5O2. The van der Waals surface area contributed by atoms with Crippen LogP contribution in [0, 0.1) is 5.92 Å². The highest BCUT2D eigenvalue weighted by Gasteiger charge is 2.34. The van der Waals surface area contributed by atoms with Crippen molar-refractivity contribution >= 4 is 28.4 Å². The SMILES string of the molecule is O=C(O)C1CCCN(CCc2nc(Nc3ccc(C(F)(F)F)cc3)c3ccc(-c4ncccc4C(F)(F)F)cc3n2)C1. The molecule has 0 bridgehead atoms. The lowest BCUT2D eigenvalue weighted by atomic mass is 9.98. The van der Waals surface area contributed by atoms with Crippen LogP contribution in [0.25, 0.3) is 22.2 Å². The summed E-state index contributed by atoms with van der Waals surface area (Å²) in [7, 11) is 0. The summed E-state index contributed by atoms with van der Waals surface area (Å²) >= 11 is 0. The molecule has 2 aromatic heterocycles. The van der Waals surface area contributed by atoms with Crippen LogP contribution in [0.4, 0.5) is 37.8 Å². The van der Waals surface area contributed by atoms with Gasteiger partial charge in [0, 0.05) is 42.3 Å². The normalized spacial score (nSPS) is 16.5. The molecule has 1 fully saturated rings. The minimum absolute atomic E-state index is 0.181. The highest BCUT2D eigenvalue weighted by molar-refractivity contribution is 5.93. The third-order valence-electron chi connectivity index (χ3n) is 7.11. The Kier molecular flexibility index (Phi) is 8.04. The van der Waals surface area contributed by atoms with Gasteiger partial charge < -0.3 is 15.3 Å². The van der Waals surface area contributed by atoms with Gasteiger partial charge in [-0.2, -0.15) is 26.3 Å². The van der Waals surface area contributed by atoms with Gasteiger partial charge in [0.1, 0.15) is 11.6 Å². The second kappa shape index (κ2) is 11.6. The maximum absolute atomic E-state index is 13.7. The minimum Gasteiger partial charge on any atom is -0.481 e. The van der Waals surface area contributed by atoms with E-state index in [1.54, 1.807) is 0 Å². The smallest absolute Gasteiger partial charge is 0.418 e. The van der Waals surface area contributed by atoms with Crippen LogP contribution in [-0.2, 0) is 23.6 Å². The molecule has 0 saturated carbocycles. The van der Waals surface area contributed by atoms with Crippen LogP contribution < -0.4 is 5.32 Å². The predicted molar refractivity (Wildman–Crippen MR) is 143 cm³/mol. The fourth-order valence-corrected chi connectivity index (χ4v) is 4.99. The van der Waals surface area contributed by atoms with E-state index in [2.05, 4.69) is 20.3 Å². The van der Waals surface area contributed by atoms with Crippen LogP contribution in [0.5, 0.6) is 0 Å². The van der Waals surface area contributed by atoms with Gasteiger partial charge in [0.15, 0.2) is 0 Å². The van der Waals surface area contributed by atoms with Crippen molar-refractivity contribution in [3.8, 4) is 11.3 Å². The molecule has 2 aromatic carbocycles. The van der Waals surface area contributed by atoms with Gasteiger partial charge in [-0.1, -0.05) is 6.07 Å². The molecular weight excluding hydrogens is 564 g/mol. The molecule has 3 heterocycles. The first-order chi connectivity index (χ1) is 19.9. The molecule has 0 aliphatic carbocycles. The van der Waals surface area contributed by atoms with Gasteiger partial charge in [-0.15, -0.1) is 0 Å². The Labute approximate surface area is 236 Å². The number of rotatable bonds is 7. The molecule has 13 heteroatoms. The van der Waals surface area contributed by atoms with Crippen molar-refractivity contribution < 1.29 is 36.2 Å². The van der Waals surface area contributed by atoms with Crippen LogP contribution in [0.3, 0.4) is 0 Å². The maximum atomic E-state index is 13.7. The molecule has 0 spiro atoms. The van der Waals surface area contributed by atoms with Crippen molar-refractivity contribution in [2.45, 2.75) is 31.6 Å². The minimum atomic E-state index is -4.63. The quantitative estimate of drug-likeness (QED) is 0.229. The number of carboxylic acid groups (broad SMARTS) is 1. The number of hydrogen-bond acceptors (Lipinski definition) is 6. The number of aliphatic carboxylic acids is 1. The number of anilines is 2. The van der Waals surface area contributed by atoms with E-state index in [4.69, 9.17) is 0 Å². The number of halogens is 6. The molecule has 1 aliphatic heterocycles. The molecule has 4 aromatic rings. The third kappa shape index (κ3) is 6.62. The molecule has 1 unspecified atom stereocenters. The Balaban J connectivity index is 1.51. The summed E-state index contributed by atoms with van der Waals surface area (Å²) < 4.78 is 80.2. The highest BCUT2D eigenvalue weighted by Crippen LogP contribution is 2.37. The van der Waals surface area contributed by atoms with E-state index in [-0.39, 0.29) is 17.1 Å². The Morgan fingerprint density at radius 1 is 1.00 bits per heavy atom. The number of piperidine rings is 1. The van der Waals surface area contributed by atoms with Crippen molar-refractivity contribution in [3.63, 3.8) is 0 Å². The van der Waals surface area contributed by atoms with Gasteiger partial charge in [0.05, 0.1) is 28.3 Å². The van der Waals surface area contributed by atoms with Crippen molar-refractivity contribution in [3.05, 3.63) is 77.7 Å². The van der Waals surface area contributed by atoms with Gasteiger partial charge in [0.2, 0.25) is 0 Å². The van der Waals surface area contributed by atoms with Crippen LogP contribution in [0.2, 0.25) is 0 Å². The van der Waals surface area contributed by atoms with E-state index in [1.807, 2.05) is 4.90 Å². The average Bonchev–Trinajstić information content (AvgIpc) is 2.95. The van der Waals surface area contributed by atoms with E-state index < -0.39 is 35.4 Å². The zero-order chi connectivity index (χ0) is 30.1. The molecule has 1 aliphatic rings. The number of nitrogens with zero attached hydrogens (tertiary/aromatic N) is 4. The zero-order valence-corrected chi connectivity index (χ0v) is 22.0. The Bertz CT molecular complexity index is 1590. The van der Waals surface area contributed by atoms with Crippen LogP contribution >= 0.6 is 0 Å². The second-order valence-electron chi connectivity index (χ2n) is 10.0. The summed E-state index contributed by atoms with van der Waals surface area (Å²) in [6.07, 6.45) is -6.24. The fraction of sp³-hybridized carbons (Fsp3) is 0.310. The summed E-state index contributed by atoms with van der Waals surface area (Å²) in [6.45, 7) is 1.54. The Morgan fingerprint density at radius 3 is 2.45 bits per heavy atom. The molecule has 0 radical (unpaired) electrons. The van der Waals surface area contributed by atoms with E-state index in [0.717, 1.165) is 24.6 Å². The summed E-state index contributed by atoms with van der Waals surface area (Å²) in [5.41, 5.74) is -1.17. The highest BCUT2D eigenvalue weighted by atomic mass is 19.4. The van der Waals surface area contributed by atoms with Gasteiger partial charge in [0.25, 0.3) is 0 Å². The van der Waals surface area contributed by atoms with Crippen molar-refractivity contribution in [1.29, 1.82) is 0 Å². The zero-order valence-electron chi connectivity index (χ0n) is 22.0. The number of hydrogen-bond donors (Lipinski definition) is 2. The van der Waals surface area contributed by atoms with Gasteiger partial charge in [-0.25, -0.2) is 9.97 Å². The fourth-order valence-electron chi connectivity index (χ4n) is 4.99. The van der Waals surface area contributed by atoms with E-state index in [0.29, 0.717) is 54.9 Å². The number of carboxylic acids is 1. The van der Waals surface area contributed by atoms with E-state index >= 15 is 0 Å². The lowest BCUT2D eigenvalue weighted by molar-refractivity contribution is -0.143. The third-order valence-corrected chi connectivity index (χ3v) is 7.11. The molecule has 220 valence electrons. The van der Waals surface area contributed by atoms with Crippen LogP contribution in [-0.4, -0.2) is 50.6 Å². The average molecular weight is 590 g/mol. The largest absolute Gasteiger partial charge is 0.481 e. The molecule has 1 saturated heterocycles. The van der Waals surface area contributed by atoms with Crippen LogP contribution in [0.15, 0.2) is 60.8 Å². The number of carbonyl (C=O) groups is 1. The molecule has 1 atom stereocenters. The van der Waals surface area contributed by atoms with Gasteiger partial charge in [-0.05, 0) is 67.9 Å². The number of likely N-dealkylation sites (tertiary alicyclic amines) is 1. The lowest BCUT2D eigenvalue weighted by Crippen LogP contribution is -2.39. The Morgan fingerprint density at radius 2 is 1.76 bits per heavy atom. The van der Waals surface area contributed by atoms with Crippen molar-refractivity contribution in [1.82, 2.24) is 19.9 Å². The first kappa shape index (κ1) is 29.2. The van der Waals surface area contributed by atoms with Gasteiger partial charge in [-0.3, -0.25) is 9.78 Å². The number of pyridine rings is 1. The number of nitrogens with one attached hydrogen (secondary N) is 1. The standard InChI is InChI=1S/C29H25F6N5O2/c30-28(31,32)19-6-8-20(9-7-19)37-26-21-10-5-17(25-22(29(33,34)35)4-1-12-36-25)15-23(21)38-24(39-26)11-14-40-13-2-3-18(16-40)27(41)42/h1,4-10,12,15,18H,2-3,11,13-14,16H2,(H,41,42)(H,37,38,39). The molecule has 2 N–H and O–H groups in total. The van der Waals surface area contributed by atoms with Gasteiger partial charge >= 0.3 is 18.3 Å². The molecule has 0 amide bonds. The topological polar surface area (TPSA) is 91.2 Å². The monoisotopic (exact) mass is 589 g/mol. The first-order valence-electron chi connectivity index (χ1n) is 13.1. The maximum Gasteiger partial charge on any atom is 0.418 e. The molecule has 42 heavy (non-hydrogen) atoms. The summed E-state index contributed by atoms with van der Waals surface area (Å²) in [4.78, 5) is 26.6. The number of benzene rings is 2. The summed E-state index contributed by atoms with van der Waals surface area (Å²) in [6, 6.07) is 11.0. The predicted octanol–water partition coefficient (Wildman–Crippen LogP) is 6.81. The number of alkyl halides is 6. The summed E-state index contributed by atoms with van der Waals surface area (Å²) in [5, 5.41) is 12.8. The molecule has 5 rings (SSSR count). The number of fused-ring (bicyclic) bond motifs is 1.